The fraction of sp³-hybridized carbons (Fsp3) is 0.222. The quantitative estimate of drug-likeness (QED) is 0.674. The van der Waals surface area contributed by atoms with Gasteiger partial charge >= 0.3 is 0 Å². The highest BCUT2D eigenvalue weighted by molar-refractivity contribution is 7.89. The Hall–Kier alpha value is -2.91. The molecule has 27 heavy (non-hydrogen) atoms. The first kappa shape index (κ1) is 18.9. The summed E-state index contributed by atoms with van der Waals surface area (Å²) in [6, 6.07) is 11.2. The predicted octanol–water partition coefficient (Wildman–Crippen LogP) is 1.70. The van der Waals surface area contributed by atoms with Crippen molar-refractivity contribution < 1.29 is 22.7 Å². The van der Waals surface area contributed by atoms with Gasteiger partial charge < -0.3 is 15.4 Å². The Balaban J connectivity index is 1.85. The van der Waals surface area contributed by atoms with Crippen molar-refractivity contribution >= 4 is 33.2 Å². The van der Waals surface area contributed by atoms with E-state index < -0.39 is 27.8 Å². The van der Waals surface area contributed by atoms with E-state index in [0.29, 0.717) is 17.0 Å². The molecule has 0 saturated carbocycles. The largest absolute Gasteiger partial charge is 0.496 e. The number of amides is 2. The van der Waals surface area contributed by atoms with Gasteiger partial charge in [0.25, 0.3) is 0 Å². The molecule has 1 heterocycles. The van der Waals surface area contributed by atoms with E-state index in [0.717, 1.165) is 0 Å². The van der Waals surface area contributed by atoms with Crippen LogP contribution in [0.1, 0.15) is 12.5 Å². The SMILES string of the molecule is COc1ccccc1CNS(=O)(=O)c1ccc2c(c1)NC(=O)C(C)C(=O)N2. The molecule has 2 amide bonds. The van der Waals surface area contributed by atoms with Gasteiger partial charge in [0.15, 0.2) is 0 Å². The molecule has 1 aliphatic rings. The number of rotatable bonds is 5. The van der Waals surface area contributed by atoms with Crippen LogP contribution in [0.4, 0.5) is 11.4 Å². The van der Waals surface area contributed by atoms with Gasteiger partial charge in [-0.05, 0) is 31.2 Å². The lowest BCUT2D eigenvalue weighted by atomic mass is 10.1. The lowest BCUT2D eigenvalue weighted by Gasteiger charge is -2.12. The smallest absolute Gasteiger partial charge is 0.240 e. The minimum Gasteiger partial charge on any atom is -0.496 e. The first-order chi connectivity index (χ1) is 12.8. The summed E-state index contributed by atoms with van der Waals surface area (Å²) in [6.07, 6.45) is 0. The van der Waals surface area contributed by atoms with Gasteiger partial charge in [0, 0.05) is 12.1 Å². The van der Waals surface area contributed by atoms with Crippen molar-refractivity contribution in [2.75, 3.05) is 17.7 Å². The molecule has 0 bridgehead atoms. The van der Waals surface area contributed by atoms with Gasteiger partial charge in [0.2, 0.25) is 21.8 Å². The molecule has 3 rings (SSSR count). The molecular weight excluding hydrogens is 370 g/mol. The Morgan fingerprint density at radius 2 is 1.70 bits per heavy atom. The Morgan fingerprint density at radius 1 is 1.04 bits per heavy atom. The number of hydrogen-bond acceptors (Lipinski definition) is 5. The van der Waals surface area contributed by atoms with Crippen LogP contribution in [-0.2, 0) is 26.2 Å². The average Bonchev–Trinajstić information content (AvgIpc) is 2.76. The summed E-state index contributed by atoms with van der Waals surface area (Å²) in [5, 5.41) is 5.17. The molecule has 8 nitrogen and oxygen atoms in total. The maximum Gasteiger partial charge on any atom is 0.240 e. The molecule has 0 fully saturated rings. The third-order valence-corrected chi connectivity index (χ3v) is 5.65. The standard InChI is InChI=1S/C18H19N3O5S/c1-11-17(22)20-14-8-7-13(9-15(14)21-18(11)23)27(24,25)19-10-12-5-3-4-6-16(12)26-2/h3-9,11,19H,10H2,1-2H3,(H,20,22)(H,21,23). The second-order valence-electron chi connectivity index (χ2n) is 6.04. The van der Waals surface area contributed by atoms with Crippen LogP contribution in [0.2, 0.25) is 0 Å². The number of carbonyl (C=O) groups excluding carboxylic acids is 2. The highest BCUT2D eigenvalue weighted by atomic mass is 32.2. The van der Waals surface area contributed by atoms with E-state index in [1.165, 1.54) is 32.2 Å². The molecule has 0 radical (unpaired) electrons. The predicted molar refractivity (Wildman–Crippen MR) is 99.9 cm³/mol. The number of fused-ring (bicyclic) bond motifs is 1. The van der Waals surface area contributed by atoms with Crippen molar-refractivity contribution in [1.29, 1.82) is 0 Å². The summed E-state index contributed by atoms with van der Waals surface area (Å²) >= 11 is 0. The van der Waals surface area contributed by atoms with Crippen molar-refractivity contribution in [1.82, 2.24) is 4.72 Å². The molecule has 1 aliphatic heterocycles. The first-order valence-corrected chi connectivity index (χ1v) is 9.67. The third-order valence-electron chi connectivity index (χ3n) is 4.25. The molecule has 3 N–H and O–H groups in total. The molecule has 0 aromatic heterocycles. The minimum absolute atomic E-state index is 0.0275. The van der Waals surface area contributed by atoms with Gasteiger partial charge in [0.05, 0.1) is 23.4 Å². The fourth-order valence-electron chi connectivity index (χ4n) is 2.61. The summed E-state index contributed by atoms with van der Waals surface area (Å²) in [7, 11) is -2.33. The molecule has 2 aromatic carbocycles. The van der Waals surface area contributed by atoms with Gasteiger partial charge in [-0.1, -0.05) is 18.2 Å². The van der Waals surface area contributed by atoms with Crippen molar-refractivity contribution in [2.24, 2.45) is 5.92 Å². The van der Waals surface area contributed by atoms with Crippen LogP contribution in [0.15, 0.2) is 47.4 Å². The van der Waals surface area contributed by atoms with Crippen molar-refractivity contribution in [3.8, 4) is 5.75 Å². The molecule has 9 heteroatoms. The van der Waals surface area contributed by atoms with Crippen molar-refractivity contribution in [3.05, 3.63) is 48.0 Å². The second-order valence-corrected chi connectivity index (χ2v) is 7.81. The van der Waals surface area contributed by atoms with Crippen LogP contribution in [0, 0.1) is 5.92 Å². The molecular formula is C18H19N3O5S. The summed E-state index contributed by atoms with van der Waals surface area (Å²) in [5.41, 5.74) is 1.27. The Kier molecular flexibility index (Phi) is 5.15. The van der Waals surface area contributed by atoms with E-state index in [2.05, 4.69) is 15.4 Å². The number of anilines is 2. The lowest BCUT2D eigenvalue weighted by molar-refractivity contribution is -0.128. The van der Waals surface area contributed by atoms with Gasteiger partial charge in [-0.25, -0.2) is 13.1 Å². The van der Waals surface area contributed by atoms with E-state index in [1.807, 2.05) is 0 Å². The van der Waals surface area contributed by atoms with Crippen LogP contribution in [-0.4, -0.2) is 27.3 Å². The van der Waals surface area contributed by atoms with Crippen LogP contribution >= 0.6 is 0 Å². The summed E-state index contributed by atoms with van der Waals surface area (Å²) in [4.78, 5) is 23.8. The van der Waals surface area contributed by atoms with Crippen LogP contribution in [0.5, 0.6) is 5.75 Å². The Labute approximate surface area is 157 Å². The number of nitrogens with one attached hydrogen (secondary N) is 3. The molecule has 1 unspecified atom stereocenters. The molecule has 2 aromatic rings. The number of carbonyl (C=O) groups is 2. The highest BCUT2D eigenvalue weighted by Crippen LogP contribution is 2.29. The van der Waals surface area contributed by atoms with Gasteiger partial charge in [-0.3, -0.25) is 9.59 Å². The fourth-order valence-corrected chi connectivity index (χ4v) is 3.64. The van der Waals surface area contributed by atoms with Crippen LogP contribution in [0.3, 0.4) is 0 Å². The molecule has 142 valence electrons. The zero-order chi connectivity index (χ0) is 19.6. The van der Waals surface area contributed by atoms with Gasteiger partial charge in [-0.2, -0.15) is 0 Å². The Morgan fingerprint density at radius 3 is 2.41 bits per heavy atom. The summed E-state index contributed by atoms with van der Waals surface area (Å²) in [6.45, 7) is 1.52. The van der Waals surface area contributed by atoms with Gasteiger partial charge in [-0.15, -0.1) is 0 Å². The number of methoxy groups -OCH3 is 1. The number of ether oxygens (including phenoxy) is 1. The molecule has 1 atom stereocenters. The monoisotopic (exact) mass is 389 g/mol. The summed E-state index contributed by atoms with van der Waals surface area (Å²) in [5.74, 6) is -1.24. The third kappa shape index (κ3) is 3.93. The number of benzene rings is 2. The second kappa shape index (κ2) is 7.37. The molecule has 0 saturated heterocycles. The van der Waals surface area contributed by atoms with E-state index in [4.69, 9.17) is 4.74 Å². The zero-order valence-corrected chi connectivity index (χ0v) is 15.6. The van der Waals surface area contributed by atoms with Crippen molar-refractivity contribution in [2.45, 2.75) is 18.4 Å². The number of hydrogen-bond donors (Lipinski definition) is 3. The topological polar surface area (TPSA) is 114 Å². The highest BCUT2D eigenvalue weighted by Gasteiger charge is 2.27. The Bertz CT molecular complexity index is 1000. The zero-order valence-electron chi connectivity index (χ0n) is 14.8. The molecule has 0 aliphatic carbocycles. The van der Waals surface area contributed by atoms with E-state index in [9.17, 15) is 18.0 Å². The lowest BCUT2D eigenvalue weighted by Crippen LogP contribution is -2.28. The average molecular weight is 389 g/mol. The number of para-hydroxylation sites is 1. The maximum absolute atomic E-state index is 12.6. The molecule has 0 spiro atoms. The first-order valence-electron chi connectivity index (χ1n) is 8.19. The summed E-state index contributed by atoms with van der Waals surface area (Å²) < 4.78 is 33.0. The maximum atomic E-state index is 12.6. The van der Waals surface area contributed by atoms with E-state index in [1.54, 1.807) is 24.3 Å². The van der Waals surface area contributed by atoms with Crippen LogP contribution in [0.25, 0.3) is 0 Å². The number of sulfonamides is 1. The normalized spacial score (nSPS) is 16.7. The van der Waals surface area contributed by atoms with Crippen LogP contribution < -0.4 is 20.1 Å². The van der Waals surface area contributed by atoms with E-state index >= 15 is 0 Å². The van der Waals surface area contributed by atoms with Crippen molar-refractivity contribution in [3.63, 3.8) is 0 Å². The van der Waals surface area contributed by atoms with Gasteiger partial charge in [0.1, 0.15) is 11.7 Å². The van der Waals surface area contributed by atoms with E-state index in [-0.39, 0.29) is 17.1 Å². The minimum atomic E-state index is -3.84.